The Balaban J connectivity index is 1.86. The number of aromatic nitrogens is 2. The fraction of sp³-hybridized carbons (Fsp3) is 0.765. The maximum Gasteiger partial charge on any atom is 0.316 e. The molecule has 1 N–H and O–H groups in total. The van der Waals surface area contributed by atoms with Crippen LogP contribution < -0.4 is 10.1 Å². The molecular formula is C17H29N3O. The van der Waals surface area contributed by atoms with Gasteiger partial charge < -0.3 is 10.1 Å². The van der Waals surface area contributed by atoms with E-state index in [0.717, 1.165) is 24.4 Å². The van der Waals surface area contributed by atoms with Gasteiger partial charge in [0.25, 0.3) is 0 Å². The van der Waals surface area contributed by atoms with E-state index in [1.165, 1.54) is 32.1 Å². The minimum Gasteiger partial charge on any atom is -0.463 e. The van der Waals surface area contributed by atoms with Gasteiger partial charge >= 0.3 is 6.01 Å². The summed E-state index contributed by atoms with van der Waals surface area (Å²) < 4.78 is 5.78. The normalized spacial score (nSPS) is 17.0. The lowest BCUT2D eigenvalue weighted by Crippen LogP contribution is -2.35. The molecule has 1 aliphatic carbocycles. The minimum absolute atomic E-state index is 0.0998. The first-order chi connectivity index (χ1) is 9.94. The molecule has 0 aromatic carbocycles. The van der Waals surface area contributed by atoms with Crippen LogP contribution in [0.15, 0.2) is 6.20 Å². The maximum absolute atomic E-state index is 5.78. The summed E-state index contributed by atoms with van der Waals surface area (Å²) >= 11 is 0. The Morgan fingerprint density at radius 3 is 2.57 bits per heavy atom. The van der Waals surface area contributed by atoms with E-state index in [9.17, 15) is 0 Å². The van der Waals surface area contributed by atoms with Crippen molar-refractivity contribution >= 4 is 0 Å². The minimum atomic E-state index is 0.0998. The van der Waals surface area contributed by atoms with Crippen LogP contribution in [0.4, 0.5) is 0 Å². The number of hydrogen-bond donors (Lipinski definition) is 1. The summed E-state index contributed by atoms with van der Waals surface area (Å²) in [6, 6.07) is 0.526. The van der Waals surface area contributed by atoms with E-state index in [-0.39, 0.29) is 5.54 Å². The van der Waals surface area contributed by atoms with E-state index in [1.807, 2.05) is 13.1 Å². The van der Waals surface area contributed by atoms with Crippen molar-refractivity contribution in [2.45, 2.75) is 71.9 Å². The molecule has 1 aromatic heterocycles. The zero-order chi connectivity index (χ0) is 15.3. The highest BCUT2D eigenvalue weighted by Crippen LogP contribution is 2.24. The summed E-state index contributed by atoms with van der Waals surface area (Å²) in [5.74, 6) is 0.685. The second-order valence-electron chi connectivity index (χ2n) is 7.18. The largest absolute Gasteiger partial charge is 0.463 e. The predicted octanol–water partition coefficient (Wildman–Crippen LogP) is 3.63. The first-order valence-electron chi connectivity index (χ1n) is 8.14. The van der Waals surface area contributed by atoms with Gasteiger partial charge in [0.15, 0.2) is 0 Å². The monoisotopic (exact) mass is 291 g/mol. The van der Waals surface area contributed by atoms with Crippen molar-refractivity contribution in [1.29, 1.82) is 0 Å². The molecule has 4 nitrogen and oxygen atoms in total. The molecule has 0 radical (unpaired) electrons. The molecular weight excluding hydrogens is 262 g/mol. The smallest absolute Gasteiger partial charge is 0.316 e. The van der Waals surface area contributed by atoms with Crippen LogP contribution >= 0.6 is 0 Å². The highest BCUT2D eigenvalue weighted by molar-refractivity contribution is 5.17. The van der Waals surface area contributed by atoms with Gasteiger partial charge in [-0.05, 0) is 46.5 Å². The van der Waals surface area contributed by atoms with Gasteiger partial charge in [0.05, 0.1) is 6.61 Å². The molecule has 1 fully saturated rings. The molecule has 0 aliphatic heterocycles. The lowest BCUT2D eigenvalue weighted by Gasteiger charge is -2.22. The third-order valence-corrected chi connectivity index (χ3v) is 4.04. The van der Waals surface area contributed by atoms with Gasteiger partial charge in [-0.2, -0.15) is 0 Å². The van der Waals surface area contributed by atoms with Gasteiger partial charge in [-0.15, -0.1) is 0 Å². The number of nitrogens with zero attached hydrogens (tertiary/aromatic N) is 2. The first kappa shape index (κ1) is 16.2. The molecule has 0 bridgehead atoms. The second-order valence-corrected chi connectivity index (χ2v) is 7.18. The Hall–Kier alpha value is -1.16. The third kappa shape index (κ3) is 5.62. The molecule has 118 valence electrons. The van der Waals surface area contributed by atoms with E-state index in [0.29, 0.717) is 11.9 Å². The molecule has 0 saturated heterocycles. The second kappa shape index (κ2) is 7.21. The Morgan fingerprint density at radius 1 is 1.24 bits per heavy atom. The fourth-order valence-electron chi connectivity index (χ4n) is 2.62. The quantitative estimate of drug-likeness (QED) is 0.900. The van der Waals surface area contributed by atoms with E-state index < -0.39 is 0 Å². The van der Waals surface area contributed by atoms with Gasteiger partial charge in [-0.1, -0.05) is 19.3 Å². The summed E-state index contributed by atoms with van der Waals surface area (Å²) in [6.07, 6.45) is 8.51. The van der Waals surface area contributed by atoms with Gasteiger partial charge in [-0.3, -0.25) is 0 Å². The van der Waals surface area contributed by atoms with Crippen LogP contribution in [0.25, 0.3) is 0 Å². The summed E-state index contributed by atoms with van der Waals surface area (Å²) in [5, 5.41) is 3.46. The van der Waals surface area contributed by atoms with Crippen LogP contribution in [0, 0.1) is 12.8 Å². The number of rotatable bonds is 5. The van der Waals surface area contributed by atoms with Crippen LogP contribution in [0.5, 0.6) is 6.01 Å². The number of nitrogens with one attached hydrogen (secondary N) is 1. The van der Waals surface area contributed by atoms with Crippen molar-refractivity contribution in [2.24, 2.45) is 5.92 Å². The SMILES string of the molecule is Cc1nc(OCC2CCCCC2)ncc1CNC(C)(C)C. The zero-order valence-electron chi connectivity index (χ0n) is 13.9. The van der Waals surface area contributed by atoms with E-state index in [1.54, 1.807) is 0 Å². The van der Waals surface area contributed by atoms with E-state index >= 15 is 0 Å². The lowest BCUT2D eigenvalue weighted by molar-refractivity contribution is 0.196. The third-order valence-electron chi connectivity index (χ3n) is 4.04. The van der Waals surface area contributed by atoms with Crippen LogP contribution in [-0.2, 0) is 6.54 Å². The van der Waals surface area contributed by atoms with Crippen molar-refractivity contribution in [1.82, 2.24) is 15.3 Å². The summed E-state index contributed by atoms with van der Waals surface area (Å²) in [5.41, 5.74) is 2.23. The van der Waals surface area contributed by atoms with Gasteiger partial charge in [0.2, 0.25) is 0 Å². The van der Waals surface area contributed by atoms with Crippen molar-refractivity contribution in [2.75, 3.05) is 6.61 Å². The molecule has 1 aliphatic rings. The molecule has 4 heteroatoms. The Labute approximate surface area is 128 Å². The number of aryl methyl sites for hydroxylation is 1. The fourth-order valence-corrected chi connectivity index (χ4v) is 2.62. The molecule has 1 aromatic rings. The topological polar surface area (TPSA) is 47.0 Å². The van der Waals surface area contributed by atoms with Crippen LogP contribution in [-0.4, -0.2) is 22.1 Å². The number of hydrogen-bond acceptors (Lipinski definition) is 4. The maximum atomic E-state index is 5.78. The van der Waals surface area contributed by atoms with Crippen molar-refractivity contribution in [3.63, 3.8) is 0 Å². The van der Waals surface area contributed by atoms with Gasteiger partial charge in [0, 0.05) is 29.5 Å². The standard InChI is InChI=1S/C17H29N3O/c1-13-15(11-19-17(2,3)4)10-18-16(20-13)21-12-14-8-6-5-7-9-14/h10,14,19H,5-9,11-12H2,1-4H3. The summed E-state index contributed by atoms with van der Waals surface area (Å²) in [4.78, 5) is 8.84. The molecule has 21 heavy (non-hydrogen) atoms. The van der Waals surface area contributed by atoms with Crippen LogP contribution in [0.3, 0.4) is 0 Å². The van der Waals surface area contributed by atoms with Crippen molar-refractivity contribution < 1.29 is 4.74 Å². The summed E-state index contributed by atoms with van der Waals surface area (Å²) in [6.45, 7) is 10.0. The molecule has 0 unspecified atom stereocenters. The van der Waals surface area contributed by atoms with Gasteiger partial charge in [-0.25, -0.2) is 9.97 Å². The average Bonchev–Trinajstić information content (AvgIpc) is 2.44. The molecule has 0 amide bonds. The summed E-state index contributed by atoms with van der Waals surface area (Å²) in [7, 11) is 0. The molecule has 1 heterocycles. The Morgan fingerprint density at radius 2 is 1.95 bits per heavy atom. The lowest BCUT2D eigenvalue weighted by atomic mass is 9.90. The van der Waals surface area contributed by atoms with Gasteiger partial charge in [0.1, 0.15) is 0 Å². The van der Waals surface area contributed by atoms with Crippen molar-refractivity contribution in [3.05, 3.63) is 17.5 Å². The van der Waals surface area contributed by atoms with E-state index in [4.69, 9.17) is 4.74 Å². The number of ether oxygens (including phenoxy) is 1. The predicted molar refractivity (Wildman–Crippen MR) is 85.4 cm³/mol. The Kier molecular flexibility index (Phi) is 5.57. The highest BCUT2D eigenvalue weighted by atomic mass is 16.5. The zero-order valence-corrected chi connectivity index (χ0v) is 13.9. The first-order valence-corrected chi connectivity index (χ1v) is 8.14. The van der Waals surface area contributed by atoms with E-state index in [2.05, 4.69) is 36.1 Å². The van der Waals surface area contributed by atoms with Crippen molar-refractivity contribution in [3.8, 4) is 6.01 Å². The van der Waals surface area contributed by atoms with Crippen LogP contribution in [0.2, 0.25) is 0 Å². The molecule has 0 atom stereocenters. The molecule has 1 saturated carbocycles. The molecule has 0 spiro atoms. The van der Waals surface area contributed by atoms with Crippen LogP contribution in [0.1, 0.15) is 64.1 Å². The Bertz CT molecular complexity index is 448. The molecule has 2 rings (SSSR count). The highest BCUT2D eigenvalue weighted by Gasteiger charge is 2.15. The average molecular weight is 291 g/mol.